The van der Waals surface area contributed by atoms with Crippen LogP contribution in [0.3, 0.4) is 0 Å². The van der Waals surface area contributed by atoms with Crippen molar-refractivity contribution >= 4 is 26.9 Å². The summed E-state index contributed by atoms with van der Waals surface area (Å²) in [5.74, 6) is 1.39. The second kappa shape index (κ2) is 5.87. The van der Waals surface area contributed by atoms with Crippen LogP contribution in [0.1, 0.15) is 32.6 Å². The van der Waals surface area contributed by atoms with Crippen molar-refractivity contribution in [1.29, 1.82) is 0 Å². The van der Waals surface area contributed by atoms with E-state index in [0.717, 1.165) is 21.2 Å². The van der Waals surface area contributed by atoms with Gasteiger partial charge in [-0.25, -0.2) is 0 Å². The molecule has 4 heteroatoms. The Kier molecular flexibility index (Phi) is 4.43. The summed E-state index contributed by atoms with van der Waals surface area (Å²) in [4.78, 5) is 5.41. The Morgan fingerprint density at radius 1 is 1.28 bits per heavy atom. The molecule has 0 fully saturated rings. The highest BCUT2D eigenvalue weighted by molar-refractivity contribution is 9.10. The first-order valence-electron chi connectivity index (χ1n) is 6.12. The molecular weight excluding hydrogens is 294 g/mol. The predicted octanol–water partition coefficient (Wildman–Crippen LogP) is 4.43. The van der Waals surface area contributed by atoms with Crippen molar-refractivity contribution in [2.75, 3.05) is 6.61 Å². The van der Waals surface area contributed by atoms with E-state index < -0.39 is 0 Å². The van der Waals surface area contributed by atoms with E-state index in [1.165, 1.54) is 0 Å². The van der Waals surface area contributed by atoms with Crippen LogP contribution < -0.4 is 5.48 Å². The molecule has 0 bridgehead atoms. The first-order chi connectivity index (χ1) is 8.56. The number of hydrogen-bond acceptors (Lipinski definition) is 3. The standard InChI is InChI=1S/C14H18BrNO2/c1-9(2)8-17-16-10(3)14-7-11-6-12(15)4-5-13(11)18-14/h4-7,9-10,16H,8H2,1-3H3. The van der Waals surface area contributed by atoms with Gasteiger partial charge in [-0.15, -0.1) is 0 Å². The molecule has 1 aromatic carbocycles. The second-order valence-corrected chi connectivity index (χ2v) is 5.79. The maximum absolute atomic E-state index is 5.78. The van der Waals surface area contributed by atoms with Gasteiger partial charge in [0, 0.05) is 9.86 Å². The van der Waals surface area contributed by atoms with Gasteiger partial charge in [-0.3, -0.25) is 0 Å². The normalized spacial score (nSPS) is 13.4. The maximum atomic E-state index is 5.78. The van der Waals surface area contributed by atoms with Crippen molar-refractivity contribution < 1.29 is 9.25 Å². The zero-order valence-electron chi connectivity index (χ0n) is 10.9. The topological polar surface area (TPSA) is 34.4 Å². The van der Waals surface area contributed by atoms with Crippen LogP contribution in [-0.2, 0) is 4.84 Å². The Bertz CT molecular complexity index is 521. The molecule has 0 aliphatic heterocycles. The van der Waals surface area contributed by atoms with E-state index in [2.05, 4.69) is 35.3 Å². The first kappa shape index (κ1) is 13.6. The average Bonchev–Trinajstić information content (AvgIpc) is 2.71. The second-order valence-electron chi connectivity index (χ2n) is 4.88. The molecule has 0 saturated carbocycles. The summed E-state index contributed by atoms with van der Waals surface area (Å²) in [6.45, 7) is 6.94. The lowest BCUT2D eigenvalue weighted by Gasteiger charge is -2.12. The molecule has 2 rings (SSSR count). The zero-order chi connectivity index (χ0) is 13.1. The van der Waals surface area contributed by atoms with Crippen LogP contribution in [0.5, 0.6) is 0 Å². The lowest BCUT2D eigenvalue weighted by Crippen LogP contribution is -2.21. The summed E-state index contributed by atoms with van der Waals surface area (Å²) in [6, 6.07) is 8.06. The lowest BCUT2D eigenvalue weighted by molar-refractivity contribution is 0.000267. The van der Waals surface area contributed by atoms with Crippen molar-refractivity contribution in [2.24, 2.45) is 5.92 Å². The van der Waals surface area contributed by atoms with Crippen LogP contribution in [0.4, 0.5) is 0 Å². The zero-order valence-corrected chi connectivity index (χ0v) is 12.5. The van der Waals surface area contributed by atoms with Crippen LogP contribution in [-0.4, -0.2) is 6.61 Å². The van der Waals surface area contributed by atoms with Gasteiger partial charge in [-0.05, 0) is 37.1 Å². The number of fused-ring (bicyclic) bond motifs is 1. The monoisotopic (exact) mass is 311 g/mol. The summed E-state index contributed by atoms with van der Waals surface area (Å²) in [6.07, 6.45) is 0. The highest BCUT2D eigenvalue weighted by Crippen LogP contribution is 2.26. The van der Waals surface area contributed by atoms with Crippen LogP contribution in [0.2, 0.25) is 0 Å². The quantitative estimate of drug-likeness (QED) is 0.829. The molecule has 1 aromatic heterocycles. The summed E-state index contributed by atoms with van der Waals surface area (Å²) >= 11 is 3.45. The lowest BCUT2D eigenvalue weighted by atomic mass is 10.2. The molecule has 3 nitrogen and oxygen atoms in total. The number of furan rings is 1. The van der Waals surface area contributed by atoms with E-state index in [4.69, 9.17) is 9.25 Å². The van der Waals surface area contributed by atoms with Crippen molar-refractivity contribution in [3.05, 3.63) is 34.5 Å². The van der Waals surface area contributed by atoms with E-state index in [-0.39, 0.29) is 6.04 Å². The van der Waals surface area contributed by atoms with Gasteiger partial charge in [0.1, 0.15) is 11.3 Å². The van der Waals surface area contributed by atoms with Gasteiger partial charge in [0.2, 0.25) is 0 Å². The average molecular weight is 312 g/mol. The van der Waals surface area contributed by atoms with Gasteiger partial charge in [0.05, 0.1) is 12.6 Å². The molecule has 2 aromatic rings. The number of rotatable bonds is 5. The summed E-state index contributed by atoms with van der Waals surface area (Å²) < 4.78 is 6.83. The van der Waals surface area contributed by atoms with Crippen molar-refractivity contribution in [1.82, 2.24) is 5.48 Å². The van der Waals surface area contributed by atoms with E-state index in [1.807, 2.05) is 31.2 Å². The Morgan fingerprint density at radius 2 is 2.06 bits per heavy atom. The fourth-order valence-corrected chi connectivity index (χ4v) is 2.02. The van der Waals surface area contributed by atoms with E-state index in [0.29, 0.717) is 12.5 Å². The molecule has 1 heterocycles. The van der Waals surface area contributed by atoms with Gasteiger partial charge in [-0.1, -0.05) is 29.8 Å². The Morgan fingerprint density at radius 3 is 2.78 bits per heavy atom. The predicted molar refractivity (Wildman–Crippen MR) is 76.3 cm³/mol. The SMILES string of the molecule is CC(C)CONC(C)c1cc2cc(Br)ccc2o1. The van der Waals surface area contributed by atoms with Crippen LogP contribution in [0, 0.1) is 5.92 Å². The van der Waals surface area contributed by atoms with Gasteiger partial charge >= 0.3 is 0 Å². The summed E-state index contributed by atoms with van der Waals surface area (Å²) in [5.41, 5.74) is 3.89. The molecule has 0 saturated heterocycles. The van der Waals surface area contributed by atoms with E-state index in [1.54, 1.807) is 0 Å². The van der Waals surface area contributed by atoms with Gasteiger partial charge in [-0.2, -0.15) is 5.48 Å². The van der Waals surface area contributed by atoms with Crippen LogP contribution in [0.15, 0.2) is 33.2 Å². The fraction of sp³-hybridized carbons (Fsp3) is 0.429. The fourth-order valence-electron chi connectivity index (χ4n) is 1.65. The summed E-state index contributed by atoms with van der Waals surface area (Å²) in [7, 11) is 0. The Balaban J connectivity index is 2.06. The van der Waals surface area contributed by atoms with Gasteiger partial charge in [0.15, 0.2) is 0 Å². The van der Waals surface area contributed by atoms with Gasteiger partial charge < -0.3 is 9.25 Å². The number of benzene rings is 1. The third-order valence-electron chi connectivity index (χ3n) is 2.60. The molecule has 18 heavy (non-hydrogen) atoms. The minimum absolute atomic E-state index is 0.0370. The maximum Gasteiger partial charge on any atom is 0.134 e. The van der Waals surface area contributed by atoms with Crippen LogP contribution >= 0.6 is 15.9 Å². The van der Waals surface area contributed by atoms with Crippen LogP contribution in [0.25, 0.3) is 11.0 Å². The highest BCUT2D eigenvalue weighted by Gasteiger charge is 2.11. The molecular formula is C14H18BrNO2. The molecule has 0 aliphatic carbocycles. The number of hydroxylamine groups is 1. The third kappa shape index (κ3) is 3.34. The number of hydrogen-bond donors (Lipinski definition) is 1. The Hall–Kier alpha value is -0.840. The smallest absolute Gasteiger partial charge is 0.134 e. The molecule has 98 valence electrons. The Labute approximate surface area is 116 Å². The number of halogens is 1. The summed E-state index contributed by atoms with van der Waals surface area (Å²) in [5, 5.41) is 1.09. The third-order valence-corrected chi connectivity index (χ3v) is 3.09. The van der Waals surface area contributed by atoms with Crippen molar-refractivity contribution in [3.63, 3.8) is 0 Å². The van der Waals surface area contributed by atoms with E-state index in [9.17, 15) is 0 Å². The molecule has 0 radical (unpaired) electrons. The minimum atomic E-state index is 0.0370. The molecule has 0 amide bonds. The minimum Gasteiger partial charge on any atom is -0.459 e. The van der Waals surface area contributed by atoms with Crippen molar-refractivity contribution in [3.8, 4) is 0 Å². The van der Waals surface area contributed by atoms with Gasteiger partial charge in [0.25, 0.3) is 0 Å². The number of nitrogens with one attached hydrogen (secondary N) is 1. The molecule has 1 unspecified atom stereocenters. The molecule has 1 atom stereocenters. The molecule has 0 spiro atoms. The van der Waals surface area contributed by atoms with Crippen molar-refractivity contribution in [2.45, 2.75) is 26.8 Å². The first-order valence-corrected chi connectivity index (χ1v) is 6.92. The highest BCUT2D eigenvalue weighted by atomic mass is 79.9. The molecule has 0 aliphatic rings. The molecule has 1 N–H and O–H groups in total. The van der Waals surface area contributed by atoms with E-state index >= 15 is 0 Å². The largest absolute Gasteiger partial charge is 0.459 e.